The maximum Gasteiger partial charge on any atom is 0.420 e. The molecule has 0 aromatic carbocycles. The van der Waals surface area contributed by atoms with Gasteiger partial charge in [-0.1, -0.05) is 6.92 Å². The maximum atomic E-state index is 12.4. The van der Waals surface area contributed by atoms with Crippen molar-refractivity contribution < 1.29 is 27.4 Å². The van der Waals surface area contributed by atoms with Crippen molar-refractivity contribution in [3.05, 3.63) is 0 Å². The summed E-state index contributed by atoms with van der Waals surface area (Å²) in [5.74, 6) is 0. The van der Waals surface area contributed by atoms with Crippen LogP contribution < -0.4 is 0 Å². The van der Waals surface area contributed by atoms with Crippen LogP contribution in [0, 0.1) is 0 Å². The molecule has 0 aliphatic rings. The van der Waals surface area contributed by atoms with E-state index in [1.165, 1.54) is 6.92 Å². The van der Waals surface area contributed by atoms with Gasteiger partial charge in [-0.05, 0) is 17.9 Å². The zero-order valence-electron chi connectivity index (χ0n) is 7.61. The number of alkyl halides is 3. The molecule has 0 aliphatic heterocycles. The summed E-state index contributed by atoms with van der Waals surface area (Å²) in [5, 5.41) is 0. The highest BCUT2D eigenvalue weighted by atomic mass is 19.4. The summed E-state index contributed by atoms with van der Waals surface area (Å²) in [6, 6.07) is 0. The fourth-order valence-electron chi connectivity index (χ4n) is 1.22. The smallest absolute Gasteiger partial charge is 0.366 e. The SMILES string of the molecule is CCC(OC)(C(C)OF)C(F)(F)F. The molecule has 2 unspecified atom stereocenters. The molecule has 0 aromatic heterocycles. The van der Waals surface area contributed by atoms with Crippen LogP contribution in [0.2, 0.25) is 0 Å². The molecule has 0 spiro atoms. The fourth-order valence-corrected chi connectivity index (χ4v) is 1.22. The Morgan fingerprint density at radius 1 is 1.31 bits per heavy atom. The number of ether oxygens (including phenoxy) is 1. The number of methoxy groups -OCH3 is 1. The van der Waals surface area contributed by atoms with Crippen molar-refractivity contribution in [3.63, 3.8) is 0 Å². The van der Waals surface area contributed by atoms with Gasteiger partial charge in [0.2, 0.25) is 0 Å². The van der Waals surface area contributed by atoms with E-state index in [2.05, 4.69) is 9.68 Å². The topological polar surface area (TPSA) is 18.5 Å². The Morgan fingerprint density at radius 3 is 1.85 bits per heavy atom. The van der Waals surface area contributed by atoms with Gasteiger partial charge in [0, 0.05) is 7.11 Å². The van der Waals surface area contributed by atoms with Gasteiger partial charge >= 0.3 is 6.18 Å². The third kappa shape index (κ3) is 2.11. The minimum Gasteiger partial charge on any atom is -0.366 e. The molecule has 0 radical (unpaired) electrons. The van der Waals surface area contributed by atoms with E-state index >= 15 is 0 Å². The van der Waals surface area contributed by atoms with Crippen LogP contribution in [0.1, 0.15) is 20.3 Å². The first-order valence-electron chi connectivity index (χ1n) is 3.75. The normalized spacial score (nSPS) is 19.6. The molecule has 13 heavy (non-hydrogen) atoms. The van der Waals surface area contributed by atoms with Crippen LogP contribution in [0.3, 0.4) is 0 Å². The Labute approximate surface area is 73.7 Å². The molecule has 0 amide bonds. The van der Waals surface area contributed by atoms with Gasteiger partial charge in [-0.25, -0.2) is 0 Å². The Balaban J connectivity index is 4.91. The molecule has 0 saturated carbocycles. The van der Waals surface area contributed by atoms with E-state index < -0.39 is 24.3 Å². The lowest BCUT2D eigenvalue weighted by molar-refractivity contribution is -0.335. The average molecular weight is 204 g/mol. The van der Waals surface area contributed by atoms with Gasteiger partial charge in [0.25, 0.3) is 0 Å². The Hall–Kier alpha value is -0.360. The quantitative estimate of drug-likeness (QED) is 0.655. The third-order valence-electron chi connectivity index (χ3n) is 2.16. The summed E-state index contributed by atoms with van der Waals surface area (Å²) in [6.45, 7) is 2.23. The second kappa shape index (κ2) is 4.23. The third-order valence-corrected chi connectivity index (χ3v) is 2.16. The van der Waals surface area contributed by atoms with Crippen molar-refractivity contribution in [3.8, 4) is 0 Å². The van der Waals surface area contributed by atoms with E-state index in [-0.39, 0.29) is 0 Å². The first kappa shape index (κ1) is 12.6. The van der Waals surface area contributed by atoms with Crippen molar-refractivity contribution in [1.82, 2.24) is 0 Å². The van der Waals surface area contributed by atoms with Gasteiger partial charge < -0.3 is 4.74 Å². The number of hydrogen-bond acceptors (Lipinski definition) is 2. The summed E-state index contributed by atoms with van der Waals surface area (Å²) in [5.41, 5.74) is -2.57. The monoisotopic (exact) mass is 204 g/mol. The maximum absolute atomic E-state index is 12.4. The average Bonchev–Trinajstić information content (AvgIpc) is 2.04. The molecule has 0 fully saturated rings. The molecule has 6 heteroatoms. The van der Waals surface area contributed by atoms with Crippen LogP contribution in [0.5, 0.6) is 0 Å². The fraction of sp³-hybridized carbons (Fsp3) is 1.00. The van der Waals surface area contributed by atoms with Gasteiger partial charge in [-0.15, -0.1) is 0 Å². The van der Waals surface area contributed by atoms with Gasteiger partial charge in [-0.2, -0.15) is 18.1 Å². The van der Waals surface area contributed by atoms with Crippen molar-refractivity contribution in [1.29, 1.82) is 0 Å². The van der Waals surface area contributed by atoms with E-state index in [4.69, 9.17) is 0 Å². The lowest BCUT2D eigenvalue weighted by Crippen LogP contribution is -2.54. The Kier molecular flexibility index (Phi) is 4.12. The molecule has 0 aliphatic carbocycles. The highest BCUT2D eigenvalue weighted by Gasteiger charge is 2.59. The molecule has 0 N–H and O–H groups in total. The highest BCUT2D eigenvalue weighted by molar-refractivity contribution is 4.92. The molecule has 80 valence electrons. The number of halogens is 4. The van der Waals surface area contributed by atoms with Crippen LogP contribution in [0.15, 0.2) is 0 Å². The largest absolute Gasteiger partial charge is 0.420 e. The molecular weight excluding hydrogens is 192 g/mol. The standard InChI is InChI=1S/C7H12F4O2/c1-4-6(12-3,5(2)13-11)7(8,9)10/h5H,4H2,1-3H3. The molecule has 0 heterocycles. The summed E-state index contributed by atoms with van der Waals surface area (Å²) < 4.78 is 53.3. The zero-order valence-corrected chi connectivity index (χ0v) is 7.61. The summed E-state index contributed by atoms with van der Waals surface area (Å²) in [4.78, 5) is 3.18. The Bertz CT molecular complexity index is 153. The van der Waals surface area contributed by atoms with Crippen molar-refractivity contribution in [2.75, 3.05) is 7.11 Å². The minimum atomic E-state index is -4.65. The van der Waals surface area contributed by atoms with Crippen LogP contribution in [0.4, 0.5) is 17.7 Å². The predicted octanol–water partition coefficient (Wildman–Crippen LogP) is 2.63. The molecule has 0 saturated heterocycles. The van der Waals surface area contributed by atoms with Crippen molar-refractivity contribution in [2.24, 2.45) is 0 Å². The number of rotatable bonds is 4. The second-order valence-electron chi connectivity index (χ2n) is 2.68. The predicted molar refractivity (Wildman–Crippen MR) is 37.7 cm³/mol. The molecule has 0 bridgehead atoms. The van der Waals surface area contributed by atoms with Crippen molar-refractivity contribution in [2.45, 2.75) is 38.1 Å². The summed E-state index contributed by atoms with van der Waals surface area (Å²) in [6.07, 6.45) is -6.73. The highest BCUT2D eigenvalue weighted by Crippen LogP contribution is 2.39. The van der Waals surface area contributed by atoms with E-state index in [0.29, 0.717) is 0 Å². The summed E-state index contributed by atoms with van der Waals surface area (Å²) >= 11 is 0. The molecule has 0 aromatic rings. The first-order valence-corrected chi connectivity index (χ1v) is 3.75. The van der Waals surface area contributed by atoms with Crippen LogP contribution in [-0.4, -0.2) is 25.0 Å². The van der Waals surface area contributed by atoms with E-state index in [1.54, 1.807) is 0 Å². The summed E-state index contributed by atoms with van der Waals surface area (Å²) in [7, 11) is 0.881. The second-order valence-corrected chi connectivity index (χ2v) is 2.68. The lowest BCUT2D eigenvalue weighted by atomic mass is 9.93. The minimum absolute atomic E-state index is 0.405. The van der Waals surface area contributed by atoms with Crippen LogP contribution in [0.25, 0.3) is 0 Å². The van der Waals surface area contributed by atoms with E-state index in [1.807, 2.05) is 0 Å². The van der Waals surface area contributed by atoms with E-state index in [9.17, 15) is 17.7 Å². The Morgan fingerprint density at radius 2 is 1.77 bits per heavy atom. The van der Waals surface area contributed by atoms with Gasteiger partial charge in [-0.3, -0.25) is 0 Å². The molecule has 2 nitrogen and oxygen atoms in total. The van der Waals surface area contributed by atoms with Crippen LogP contribution in [-0.2, 0) is 9.68 Å². The molecular formula is C7H12F4O2. The van der Waals surface area contributed by atoms with Gasteiger partial charge in [0.05, 0.1) is 0 Å². The van der Waals surface area contributed by atoms with E-state index in [0.717, 1.165) is 14.0 Å². The van der Waals surface area contributed by atoms with Crippen molar-refractivity contribution >= 4 is 0 Å². The van der Waals surface area contributed by atoms with Crippen LogP contribution >= 0.6 is 0 Å². The lowest BCUT2D eigenvalue weighted by Gasteiger charge is -2.35. The zero-order chi connectivity index (χ0) is 10.7. The van der Waals surface area contributed by atoms with Gasteiger partial charge in [0.15, 0.2) is 5.60 Å². The molecule has 2 atom stereocenters. The first-order chi connectivity index (χ1) is 5.85. The van der Waals surface area contributed by atoms with Gasteiger partial charge in [0.1, 0.15) is 6.10 Å². The molecule has 0 rings (SSSR count). The number of hydrogen-bond donors (Lipinski definition) is 0.